The normalized spacial score (nSPS) is 35.8. The Kier molecular flexibility index (Phi) is 7.23. The van der Waals surface area contributed by atoms with Crippen molar-refractivity contribution in [1.82, 2.24) is 0 Å². The van der Waals surface area contributed by atoms with E-state index in [0.29, 0.717) is 24.2 Å². The van der Waals surface area contributed by atoms with Gasteiger partial charge in [-0.05, 0) is 85.7 Å². The van der Waals surface area contributed by atoms with Crippen LogP contribution < -0.4 is 0 Å². The van der Waals surface area contributed by atoms with E-state index in [0.717, 1.165) is 50.5 Å². The first-order valence-electron chi connectivity index (χ1n) is 11.4. The van der Waals surface area contributed by atoms with E-state index in [4.69, 9.17) is 0 Å². The highest BCUT2D eigenvalue weighted by Crippen LogP contribution is 2.59. The number of hydrogen-bond acceptors (Lipinski definition) is 1. The average Bonchev–Trinajstić information content (AvgIpc) is 3.03. The van der Waals surface area contributed by atoms with Crippen molar-refractivity contribution < 1.29 is 18.3 Å². The largest absolute Gasteiger partial charge is 0.399 e. The van der Waals surface area contributed by atoms with Crippen LogP contribution >= 0.6 is 0 Å². The maximum absolute atomic E-state index is 12.3. The number of aliphatic hydroxyl groups excluding tert-OH is 1. The Balaban J connectivity index is 1.69. The summed E-state index contributed by atoms with van der Waals surface area (Å²) in [6, 6.07) is 0. The Hall–Kier alpha value is -1.47. The van der Waals surface area contributed by atoms with Gasteiger partial charge in [-0.3, -0.25) is 0 Å². The van der Waals surface area contributed by atoms with Gasteiger partial charge in [-0.15, -0.1) is 5.92 Å². The molecule has 3 aliphatic carbocycles. The number of fused-ring (bicyclic) bond motifs is 1. The van der Waals surface area contributed by atoms with Crippen LogP contribution in [0, 0.1) is 35.0 Å². The maximum atomic E-state index is 12.3. The first-order chi connectivity index (χ1) is 14.1. The zero-order valence-electron chi connectivity index (χ0n) is 18.3. The monoisotopic (exact) mass is 420 g/mol. The van der Waals surface area contributed by atoms with E-state index in [1.54, 1.807) is 0 Å². The minimum atomic E-state index is -4.20. The minimum absolute atomic E-state index is 0.205. The zero-order chi connectivity index (χ0) is 21.9. The number of halogens is 3. The van der Waals surface area contributed by atoms with Crippen LogP contribution in [0.15, 0.2) is 35.5 Å². The number of alkyl halides is 3. The highest BCUT2D eigenvalue weighted by Gasteiger charge is 2.50. The van der Waals surface area contributed by atoms with Gasteiger partial charge in [0.05, 0.1) is 6.10 Å². The fraction of sp³-hybridized carbons (Fsp3) is 0.692. The second-order valence-corrected chi connectivity index (χ2v) is 9.79. The molecule has 166 valence electrons. The summed E-state index contributed by atoms with van der Waals surface area (Å²) >= 11 is 0. The number of allylic oxidation sites excluding steroid dienone is 3. The van der Waals surface area contributed by atoms with Gasteiger partial charge in [0.1, 0.15) is 6.42 Å². The Morgan fingerprint density at radius 3 is 2.67 bits per heavy atom. The third kappa shape index (κ3) is 5.22. The Morgan fingerprint density at radius 1 is 1.17 bits per heavy atom. The smallest absolute Gasteiger partial charge is 0.388 e. The van der Waals surface area contributed by atoms with Gasteiger partial charge in [-0.1, -0.05) is 44.1 Å². The molecule has 4 heteroatoms. The molecule has 30 heavy (non-hydrogen) atoms. The zero-order valence-corrected chi connectivity index (χ0v) is 18.3. The fourth-order valence-electron chi connectivity index (χ4n) is 6.19. The lowest BCUT2D eigenvalue weighted by Gasteiger charge is -2.44. The minimum Gasteiger partial charge on any atom is -0.388 e. The van der Waals surface area contributed by atoms with Crippen LogP contribution in [0.2, 0.25) is 0 Å². The molecule has 0 spiro atoms. The van der Waals surface area contributed by atoms with Crippen molar-refractivity contribution in [3.63, 3.8) is 0 Å². The van der Waals surface area contributed by atoms with Crippen LogP contribution in [0.1, 0.15) is 78.1 Å². The average molecular weight is 421 g/mol. The summed E-state index contributed by atoms with van der Waals surface area (Å²) in [6.07, 6.45) is 7.94. The first-order valence-corrected chi connectivity index (χ1v) is 11.4. The molecule has 0 aromatic rings. The summed E-state index contributed by atoms with van der Waals surface area (Å²) in [7, 11) is 0. The van der Waals surface area contributed by atoms with Crippen molar-refractivity contribution in [2.24, 2.45) is 23.2 Å². The van der Waals surface area contributed by atoms with Crippen LogP contribution in [-0.4, -0.2) is 17.4 Å². The summed E-state index contributed by atoms with van der Waals surface area (Å²) in [5.41, 5.74) is 3.75. The Morgan fingerprint density at radius 2 is 1.93 bits per heavy atom. The summed E-state index contributed by atoms with van der Waals surface area (Å²) in [5, 5.41) is 10.1. The van der Waals surface area contributed by atoms with Gasteiger partial charge in [-0.2, -0.15) is 13.2 Å². The summed E-state index contributed by atoms with van der Waals surface area (Å²) in [4.78, 5) is 0. The van der Waals surface area contributed by atoms with E-state index in [9.17, 15) is 18.3 Å². The first kappa shape index (κ1) is 23.2. The number of aliphatic hydroxyl groups is 1. The molecule has 0 amide bonds. The molecule has 5 atom stereocenters. The van der Waals surface area contributed by atoms with Gasteiger partial charge < -0.3 is 5.11 Å². The lowest BCUT2D eigenvalue weighted by molar-refractivity contribution is -0.123. The molecule has 0 aliphatic heterocycles. The van der Waals surface area contributed by atoms with Crippen molar-refractivity contribution in [3.8, 4) is 11.8 Å². The van der Waals surface area contributed by atoms with Gasteiger partial charge in [-0.25, -0.2) is 0 Å². The standard InChI is InChI=1S/C26H35F3O/c1-18(8-4-5-17-26(27,28)29)22-14-15-23-21(10-7-16-25(22,23)3)13-12-20-9-6-11-24(30)19(20)2/h12-13,18,22-24,30H,2,6-11,14-17H2,1,3H3/b20-12-,21-13+/t18-,22+,23?,24-,25+/m0/s1. The van der Waals surface area contributed by atoms with E-state index < -0.39 is 18.7 Å². The lowest BCUT2D eigenvalue weighted by atomic mass is 9.61. The third-order valence-corrected chi connectivity index (χ3v) is 7.80. The maximum Gasteiger partial charge on any atom is 0.399 e. The molecule has 0 radical (unpaired) electrons. The Labute approximate surface area is 179 Å². The fourth-order valence-corrected chi connectivity index (χ4v) is 6.19. The second-order valence-electron chi connectivity index (χ2n) is 9.79. The Bertz CT molecular complexity index is 763. The van der Waals surface area contributed by atoms with Gasteiger partial charge >= 0.3 is 6.18 Å². The van der Waals surface area contributed by atoms with Gasteiger partial charge in [0, 0.05) is 6.42 Å². The van der Waals surface area contributed by atoms with E-state index in [1.807, 2.05) is 0 Å². The van der Waals surface area contributed by atoms with E-state index in [2.05, 4.69) is 44.4 Å². The topological polar surface area (TPSA) is 20.2 Å². The third-order valence-electron chi connectivity index (χ3n) is 7.80. The molecule has 0 saturated heterocycles. The lowest BCUT2D eigenvalue weighted by Crippen LogP contribution is -2.35. The molecule has 1 nitrogen and oxygen atoms in total. The van der Waals surface area contributed by atoms with Crippen LogP contribution in [0.3, 0.4) is 0 Å². The van der Waals surface area contributed by atoms with Gasteiger partial charge in [0.25, 0.3) is 0 Å². The van der Waals surface area contributed by atoms with Gasteiger partial charge in [0.2, 0.25) is 0 Å². The number of rotatable bonds is 3. The summed E-state index contributed by atoms with van der Waals surface area (Å²) < 4.78 is 37.0. The highest BCUT2D eigenvalue weighted by molar-refractivity contribution is 5.37. The summed E-state index contributed by atoms with van der Waals surface area (Å²) in [5.74, 6) is 6.47. The molecule has 0 bridgehead atoms. The summed E-state index contributed by atoms with van der Waals surface area (Å²) in [6.45, 7) is 8.62. The molecule has 3 rings (SSSR count). The predicted molar refractivity (Wildman–Crippen MR) is 116 cm³/mol. The molecular formula is C26H35F3O. The van der Waals surface area contributed by atoms with Crippen LogP contribution in [0.4, 0.5) is 13.2 Å². The molecule has 1 unspecified atom stereocenters. The predicted octanol–water partition coefficient (Wildman–Crippen LogP) is 7.14. The van der Waals surface area contributed by atoms with Crippen molar-refractivity contribution in [1.29, 1.82) is 0 Å². The van der Waals surface area contributed by atoms with Crippen molar-refractivity contribution in [2.75, 3.05) is 0 Å². The molecular weight excluding hydrogens is 385 g/mol. The van der Waals surface area contributed by atoms with Crippen molar-refractivity contribution >= 4 is 0 Å². The molecule has 3 fully saturated rings. The quantitative estimate of drug-likeness (QED) is 0.481. The molecule has 0 aromatic heterocycles. The van der Waals surface area contributed by atoms with Crippen molar-refractivity contribution in [2.45, 2.75) is 90.3 Å². The molecule has 3 saturated carbocycles. The van der Waals surface area contributed by atoms with Crippen LogP contribution in [-0.2, 0) is 0 Å². The molecule has 3 aliphatic rings. The molecule has 0 aromatic carbocycles. The number of hydrogen-bond donors (Lipinski definition) is 1. The molecule has 0 heterocycles. The molecule has 1 N–H and O–H groups in total. The van der Waals surface area contributed by atoms with Crippen LogP contribution in [0.5, 0.6) is 0 Å². The highest BCUT2D eigenvalue weighted by atomic mass is 19.4. The van der Waals surface area contributed by atoms with Crippen LogP contribution in [0.25, 0.3) is 0 Å². The van der Waals surface area contributed by atoms with E-state index in [1.165, 1.54) is 17.6 Å². The SMILES string of the molecule is C=C1/C(=C\C=C2/CCC[C@@]3(C)C2CC[C@@H]3[C@@H](C)CC#CCC(F)(F)F)CCC[C@@H]1O. The van der Waals surface area contributed by atoms with Gasteiger partial charge in [0.15, 0.2) is 0 Å². The van der Waals surface area contributed by atoms with E-state index >= 15 is 0 Å². The van der Waals surface area contributed by atoms with Crippen molar-refractivity contribution in [3.05, 3.63) is 35.5 Å². The van der Waals surface area contributed by atoms with E-state index in [-0.39, 0.29) is 5.41 Å². The second kappa shape index (κ2) is 9.35.